The van der Waals surface area contributed by atoms with Gasteiger partial charge in [-0.15, -0.1) is 0 Å². The van der Waals surface area contributed by atoms with Crippen LogP contribution in [-0.2, 0) is 5.60 Å². The summed E-state index contributed by atoms with van der Waals surface area (Å²) in [6, 6.07) is 12.2. The standard InChI is InChI=1S/C15H16O2/c1-17-14-6-4-11-3-5-13(9-12(11)10-14)15(16)7-2-8-15/h3-6,9-10,16H,2,7-8H2,1H3. The van der Waals surface area contributed by atoms with Crippen LogP contribution in [0.15, 0.2) is 36.4 Å². The van der Waals surface area contributed by atoms with Gasteiger partial charge >= 0.3 is 0 Å². The van der Waals surface area contributed by atoms with Crippen molar-refractivity contribution in [3.63, 3.8) is 0 Å². The second kappa shape index (κ2) is 3.74. The number of rotatable bonds is 2. The average molecular weight is 228 g/mol. The van der Waals surface area contributed by atoms with Crippen molar-refractivity contribution in [3.8, 4) is 5.75 Å². The third-order valence-electron chi connectivity index (χ3n) is 3.77. The predicted octanol–water partition coefficient (Wildman–Crippen LogP) is 3.22. The Labute approximate surface area is 101 Å². The lowest BCUT2D eigenvalue weighted by Crippen LogP contribution is -2.33. The zero-order valence-corrected chi connectivity index (χ0v) is 9.94. The van der Waals surface area contributed by atoms with Crippen molar-refractivity contribution in [2.24, 2.45) is 0 Å². The highest BCUT2D eigenvalue weighted by Gasteiger charge is 2.36. The van der Waals surface area contributed by atoms with Gasteiger partial charge in [-0.1, -0.05) is 18.2 Å². The quantitative estimate of drug-likeness (QED) is 0.855. The second-order valence-electron chi connectivity index (χ2n) is 4.81. The van der Waals surface area contributed by atoms with E-state index in [0.717, 1.165) is 36.0 Å². The van der Waals surface area contributed by atoms with E-state index in [2.05, 4.69) is 12.1 Å². The van der Waals surface area contributed by atoms with Crippen LogP contribution in [-0.4, -0.2) is 12.2 Å². The van der Waals surface area contributed by atoms with Crippen molar-refractivity contribution in [2.45, 2.75) is 24.9 Å². The number of benzene rings is 2. The third kappa shape index (κ3) is 1.69. The van der Waals surface area contributed by atoms with E-state index < -0.39 is 5.60 Å². The van der Waals surface area contributed by atoms with E-state index >= 15 is 0 Å². The second-order valence-corrected chi connectivity index (χ2v) is 4.81. The van der Waals surface area contributed by atoms with Gasteiger partial charge in [0.25, 0.3) is 0 Å². The number of methoxy groups -OCH3 is 1. The Bertz CT molecular complexity index is 556. The van der Waals surface area contributed by atoms with Crippen molar-refractivity contribution in [1.82, 2.24) is 0 Å². The van der Waals surface area contributed by atoms with E-state index in [4.69, 9.17) is 4.74 Å². The van der Waals surface area contributed by atoms with Gasteiger partial charge in [-0.05, 0) is 53.8 Å². The molecule has 1 saturated carbocycles. The zero-order chi connectivity index (χ0) is 11.9. The maximum absolute atomic E-state index is 10.3. The van der Waals surface area contributed by atoms with Gasteiger partial charge in [0.15, 0.2) is 0 Å². The van der Waals surface area contributed by atoms with Crippen LogP contribution >= 0.6 is 0 Å². The Morgan fingerprint density at radius 3 is 2.47 bits per heavy atom. The summed E-state index contributed by atoms with van der Waals surface area (Å²) in [6.45, 7) is 0. The zero-order valence-electron chi connectivity index (χ0n) is 9.94. The molecule has 1 fully saturated rings. The monoisotopic (exact) mass is 228 g/mol. The predicted molar refractivity (Wildman–Crippen MR) is 68.2 cm³/mol. The van der Waals surface area contributed by atoms with E-state index in [1.165, 1.54) is 5.39 Å². The summed E-state index contributed by atoms with van der Waals surface area (Å²) in [4.78, 5) is 0. The van der Waals surface area contributed by atoms with E-state index in [1.54, 1.807) is 7.11 Å². The molecule has 1 aliphatic carbocycles. The topological polar surface area (TPSA) is 29.5 Å². The fraction of sp³-hybridized carbons (Fsp3) is 0.333. The van der Waals surface area contributed by atoms with Gasteiger partial charge in [0, 0.05) is 0 Å². The van der Waals surface area contributed by atoms with Gasteiger partial charge in [-0.3, -0.25) is 0 Å². The lowest BCUT2D eigenvalue weighted by Gasteiger charge is -2.37. The minimum Gasteiger partial charge on any atom is -0.497 e. The molecule has 0 unspecified atom stereocenters. The summed E-state index contributed by atoms with van der Waals surface area (Å²) in [5.41, 5.74) is 0.446. The molecule has 88 valence electrons. The van der Waals surface area contributed by atoms with Crippen LogP contribution < -0.4 is 4.74 Å². The molecule has 1 aliphatic rings. The van der Waals surface area contributed by atoms with Crippen molar-refractivity contribution in [1.29, 1.82) is 0 Å². The molecule has 3 rings (SSSR count). The molecule has 0 spiro atoms. The van der Waals surface area contributed by atoms with Crippen LogP contribution in [0.4, 0.5) is 0 Å². The van der Waals surface area contributed by atoms with Crippen LogP contribution in [0.25, 0.3) is 10.8 Å². The minimum absolute atomic E-state index is 0.586. The maximum atomic E-state index is 10.3. The molecule has 2 aromatic rings. The number of hydrogen-bond acceptors (Lipinski definition) is 2. The summed E-state index contributed by atoms with van der Waals surface area (Å²) >= 11 is 0. The lowest BCUT2D eigenvalue weighted by atomic mass is 9.75. The van der Waals surface area contributed by atoms with Gasteiger partial charge in [0.1, 0.15) is 5.75 Å². The molecule has 0 amide bonds. The first-order valence-corrected chi connectivity index (χ1v) is 6.02. The number of aliphatic hydroxyl groups is 1. The molecular formula is C15H16O2. The van der Waals surface area contributed by atoms with Gasteiger partial charge < -0.3 is 9.84 Å². The molecule has 2 aromatic carbocycles. The molecule has 17 heavy (non-hydrogen) atoms. The lowest BCUT2D eigenvalue weighted by molar-refractivity contribution is -0.0386. The van der Waals surface area contributed by atoms with Crippen molar-refractivity contribution >= 4 is 10.8 Å². The third-order valence-corrected chi connectivity index (χ3v) is 3.77. The average Bonchev–Trinajstić information content (AvgIpc) is 2.34. The van der Waals surface area contributed by atoms with E-state index in [9.17, 15) is 5.11 Å². The molecular weight excluding hydrogens is 212 g/mol. The molecule has 0 radical (unpaired) electrons. The van der Waals surface area contributed by atoms with Gasteiger partial charge in [0.05, 0.1) is 12.7 Å². The van der Waals surface area contributed by atoms with Crippen LogP contribution in [0.3, 0.4) is 0 Å². The van der Waals surface area contributed by atoms with Crippen molar-refractivity contribution in [3.05, 3.63) is 42.0 Å². The Morgan fingerprint density at radius 2 is 1.82 bits per heavy atom. The molecule has 2 heteroatoms. The fourth-order valence-corrected chi connectivity index (χ4v) is 2.44. The molecule has 0 atom stereocenters. The van der Waals surface area contributed by atoms with Gasteiger partial charge in [-0.25, -0.2) is 0 Å². The highest BCUT2D eigenvalue weighted by molar-refractivity contribution is 5.84. The first-order chi connectivity index (χ1) is 8.21. The summed E-state index contributed by atoms with van der Waals surface area (Å²) in [7, 11) is 1.67. The van der Waals surface area contributed by atoms with Crippen LogP contribution in [0.2, 0.25) is 0 Å². The summed E-state index contributed by atoms with van der Waals surface area (Å²) in [6.07, 6.45) is 2.87. The molecule has 2 nitrogen and oxygen atoms in total. The van der Waals surface area contributed by atoms with Crippen LogP contribution in [0.1, 0.15) is 24.8 Å². The SMILES string of the molecule is COc1ccc2ccc(C3(O)CCC3)cc2c1. The number of hydrogen-bond donors (Lipinski definition) is 1. The summed E-state index contributed by atoms with van der Waals surface area (Å²) in [5.74, 6) is 0.857. The minimum atomic E-state index is -0.586. The van der Waals surface area contributed by atoms with Gasteiger partial charge in [-0.2, -0.15) is 0 Å². The Balaban J connectivity index is 2.10. The van der Waals surface area contributed by atoms with Crippen molar-refractivity contribution < 1.29 is 9.84 Å². The maximum Gasteiger partial charge on any atom is 0.119 e. The van der Waals surface area contributed by atoms with E-state index in [0.29, 0.717) is 0 Å². The fourth-order valence-electron chi connectivity index (χ4n) is 2.44. The highest BCUT2D eigenvalue weighted by atomic mass is 16.5. The smallest absolute Gasteiger partial charge is 0.119 e. The van der Waals surface area contributed by atoms with Crippen molar-refractivity contribution in [2.75, 3.05) is 7.11 Å². The Morgan fingerprint density at radius 1 is 1.06 bits per heavy atom. The van der Waals surface area contributed by atoms with Crippen LogP contribution in [0, 0.1) is 0 Å². The molecule has 0 saturated heterocycles. The Hall–Kier alpha value is -1.54. The summed E-state index contributed by atoms with van der Waals surface area (Å²) < 4.78 is 5.23. The largest absolute Gasteiger partial charge is 0.497 e. The molecule has 0 aromatic heterocycles. The molecule has 0 bridgehead atoms. The molecule has 0 aliphatic heterocycles. The van der Waals surface area contributed by atoms with Gasteiger partial charge in [0.2, 0.25) is 0 Å². The number of ether oxygens (including phenoxy) is 1. The van der Waals surface area contributed by atoms with Crippen LogP contribution in [0.5, 0.6) is 5.75 Å². The van der Waals surface area contributed by atoms with E-state index in [-0.39, 0.29) is 0 Å². The molecule has 0 heterocycles. The first-order valence-electron chi connectivity index (χ1n) is 6.02. The molecule has 1 N–H and O–H groups in total. The first kappa shape index (κ1) is 10.6. The highest BCUT2D eigenvalue weighted by Crippen LogP contribution is 2.41. The van der Waals surface area contributed by atoms with E-state index in [1.807, 2.05) is 24.3 Å². The Kier molecular flexibility index (Phi) is 2.33. The normalized spacial score (nSPS) is 17.8. The number of fused-ring (bicyclic) bond motifs is 1. The summed E-state index contributed by atoms with van der Waals surface area (Å²) in [5, 5.41) is 12.6.